The second kappa shape index (κ2) is 7.28. The zero-order valence-electron chi connectivity index (χ0n) is 13.9. The first-order valence-corrected chi connectivity index (χ1v) is 8.20. The van der Waals surface area contributed by atoms with Gasteiger partial charge in [-0.2, -0.15) is 0 Å². The molecular formula is C18H30N2O. The van der Waals surface area contributed by atoms with E-state index in [1.165, 1.54) is 16.8 Å². The molecule has 0 bridgehead atoms. The van der Waals surface area contributed by atoms with Crippen molar-refractivity contribution in [3.05, 3.63) is 29.3 Å². The van der Waals surface area contributed by atoms with E-state index in [2.05, 4.69) is 56.1 Å². The molecular weight excluding hydrogens is 260 g/mol. The van der Waals surface area contributed by atoms with Crippen molar-refractivity contribution >= 4 is 5.69 Å². The van der Waals surface area contributed by atoms with E-state index >= 15 is 0 Å². The Balaban J connectivity index is 1.98. The van der Waals surface area contributed by atoms with Gasteiger partial charge in [0.05, 0.1) is 6.10 Å². The Morgan fingerprint density at radius 3 is 2.76 bits per heavy atom. The van der Waals surface area contributed by atoms with Crippen LogP contribution < -0.4 is 10.2 Å². The van der Waals surface area contributed by atoms with E-state index in [4.69, 9.17) is 0 Å². The Labute approximate surface area is 129 Å². The first-order chi connectivity index (χ1) is 9.97. The molecule has 1 aliphatic heterocycles. The molecule has 2 N–H and O–H groups in total. The molecule has 2 rings (SSSR count). The van der Waals surface area contributed by atoms with Crippen LogP contribution in [0.25, 0.3) is 0 Å². The average Bonchev–Trinajstić information content (AvgIpc) is 2.43. The molecule has 0 aliphatic carbocycles. The number of benzene rings is 1. The zero-order valence-corrected chi connectivity index (χ0v) is 13.9. The second-order valence-corrected chi connectivity index (χ2v) is 6.91. The number of aliphatic hydroxyl groups is 1. The Morgan fingerprint density at radius 2 is 2.14 bits per heavy atom. The maximum Gasteiger partial charge on any atom is 0.0599 e. The normalized spacial score (nSPS) is 22.9. The molecule has 1 saturated heterocycles. The lowest BCUT2D eigenvalue weighted by molar-refractivity contribution is 0.0971. The first-order valence-electron chi connectivity index (χ1n) is 8.20. The lowest BCUT2D eigenvalue weighted by Gasteiger charge is -2.36. The number of aryl methyl sites for hydroxylation is 1. The molecule has 0 spiro atoms. The van der Waals surface area contributed by atoms with Crippen LogP contribution in [0, 0.1) is 18.8 Å². The monoisotopic (exact) mass is 290 g/mol. The molecule has 3 nitrogen and oxygen atoms in total. The van der Waals surface area contributed by atoms with Crippen LogP contribution in [0.2, 0.25) is 0 Å². The van der Waals surface area contributed by atoms with Crippen LogP contribution in [-0.4, -0.2) is 30.8 Å². The molecule has 118 valence electrons. The number of piperidine rings is 1. The van der Waals surface area contributed by atoms with Crippen LogP contribution in [-0.2, 0) is 6.54 Å². The molecule has 2 atom stereocenters. The van der Waals surface area contributed by atoms with Gasteiger partial charge in [-0.15, -0.1) is 0 Å². The number of rotatable bonds is 5. The third kappa shape index (κ3) is 4.45. The standard InChI is InChI=1S/C18H30N2O/c1-13(2)10-19-11-16-5-6-17(9-14(16)3)20-8-7-18(21)15(4)12-20/h5-6,9,13,15,18-19,21H,7-8,10-12H2,1-4H3. The van der Waals surface area contributed by atoms with Crippen molar-refractivity contribution in [1.29, 1.82) is 0 Å². The van der Waals surface area contributed by atoms with Crippen LogP contribution in [0.15, 0.2) is 18.2 Å². The van der Waals surface area contributed by atoms with Crippen LogP contribution in [0.4, 0.5) is 5.69 Å². The first kappa shape index (κ1) is 16.3. The van der Waals surface area contributed by atoms with Crippen molar-refractivity contribution in [2.45, 2.75) is 46.8 Å². The summed E-state index contributed by atoms with van der Waals surface area (Å²) in [7, 11) is 0. The number of nitrogens with one attached hydrogen (secondary N) is 1. The summed E-state index contributed by atoms with van der Waals surface area (Å²) in [6, 6.07) is 6.76. The van der Waals surface area contributed by atoms with Crippen LogP contribution in [0.1, 0.15) is 38.3 Å². The van der Waals surface area contributed by atoms with Crippen molar-refractivity contribution in [1.82, 2.24) is 5.32 Å². The molecule has 1 aromatic rings. The van der Waals surface area contributed by atoms with Crippen molar-refractivity contribution in [3.63, 3.8) is 0 Å². The predicted octanol–water partition coefficient (Wildman–Crippen LogP) is 2.95. The van der Waals surface area contributed by atoms with Gasteiger partial charge in [-0.1, -0.05) is 26.8 Å². The Morgan fingerprint density at radius 1 is 1.38 bits per heavy atom. The molecule has 1 heterocycles. The molecule has 1 aliphatic rings. The van der Waals surface area contributed by atoms with Gasteiger partial charge < -0.3 is 15.3 Å². The number of hydrogen-bond acceptors (Lipinski definition) is 3. The summed E-state index contributed by atoms with van der Waals surface area (Å²) in [6.07, 6.45) is 0.736. The van der Waals surface area contributed by atoms with Crippen molar-refractivity contribution in [2.75, 3.05) is 24.5 Å². The maximum atomic E-state index is 9.85. The van der Waals surface area contributed by atoms with Gasteiger partial charge in [0.15, 0.2) is 0 Å². The highest BCUT2D eigenvalue weighted by atomic mass is 16.3. The molecule has 0 radical (unpaired) electrons. The molecule has 0 saturated carbocycles. The van der Waals surface area contributed by atoms with Gasteiger partial charge in [-0.3, -0.25) is 0 Å². The minimum atomic E-state index is -0.137. The summed E-state index contributed by atoms with van der Waals surface area (Å²) in [5, 5.41) is 13.4. The molecule has 0 aromatic heterocycles. The highest BCUT2D eigenvalue weighted by Gasteiger charge is 2.24. The highest BCUT2D eigenvalue weighted by molar-refractivity contribution is 5.51. The lowest BCUT2D eigenvalue weighted by Crippen LogP contribution is -2.42. The van der Waals surface area contributed by atoms with E-state index in [1.807, 2.05) is 0 Å². The smallest absolute Gasteiger partial charge is 0.0599 e. The van der Waals surface area contributed by atoms with E-state index in [0.717, 1.165) is 32.6 Å². The number of nitrogens with zero attached hydrogens (tertiary/aromatic N) is 1. The van der Waals surface area contributed by atoms with Crippen molar-refractivity contribution in [2.24, 2.45) is 11.8 Å². The van der Waals surface area contributed by atoms with Crippen LogP contribution >= 0.6 is 0 Å². The predicted molar refractivity (Wildman–Crippen MR) is 89.7 cm³/mol. The van der Waals surface area contributed by atoms with E-state index in [-0.39, 0.29) is 6.10 Å². The van der Waals surface area contributed by atoms with Gasteiger partial charge in [0.2, 0.25) is 0 Å². The quantitative estimate of drug-likeness (QED) is 0.875. The second-order valence-electron chi connectivity index (χ2n) is 6.91. The van der Waals surface area contributed by atoms with E-state index in [1.54, 1.807) is 0 Å². The fourth-order valence-corrected chi connectivity index (χ4v) is 2.94. The van der Waals surface area contributed by atoms with E-state index in [0.29, 0.717) is 11.8 Å². The van der Waals surface area contributed by atoms with Gasteiger partial charge in [0, 0.05) is 25.3 Å². The number of hydrogen-bond donors (Lipinski definition) is 2. The van der Waals surface area contributed by atoms with Gasteiger partial charge in [-0.05, 0) is 55.0 Å². The van der Waals surface area contributed by atoms with Crippen LogP contribution in [0.5, 0.6) is 0 Å². The topological polar surface area (TPSA) is 35.5 Å². The Kier molecular flexibility index (Phi) is 5.65. The van der Waals surface area contributed by atoms with Crippen molar-refractivity contribution < 1.29 is 5.11 Å². The highest BCUT2D eigenvalue weighted by Crippen LogP contribution is 2.25. The zero-order chi connectivity index (χ0) is 15.4. The molecule has 1 fully saturated rings. The summed E-state index contributed by atoms with van der Waals surface area (Å²) in [5.74, 6) is 1.04. The SMILES string of the molecule is Cc1cc(N2CCC(O)C(C)C2)ccc1CNCC(C)C. The van der Waals surface area contributed by atoms with Gasteiger partial charge in [0.1, 0.15) is 0 Å². The summed E-state index contributed by atoms with van der Waals surface area (Å²) in [6.45, 7) is 12.7. The summed E-state index contributed by atoms with van der Waals surface area (Å²) in [5.41, 5.74) is 4.02. The van der Waals surface area contributed by atoms with Gasteiger partial charge in [-0.25, -0.2) is 0 Å². The average molecular weight is 290 g/mol. The van der Waals surface area contributed by atoms with E-state index < -0.39 is 0 Å². The van der Waals surface area contributed by atoms with Gasteiger partial charge >= 0.3 is 0 Å². The summed E-state index contributed by atoms with van der Waals surface area (Å²) < 4.78 is 0. The third-order valence-electron chi connectivity index (χ3n) is 4.42. The molecule has 1 aromatic carbocycles. The van der Waals surface area contributed by atoms with E-state index in [9.17, 15) is 5.11 Å². The molecule has 2 unspecified atom stereocenters. The fraction of sp³-hybridized carbons (Fsp3) is 0.667. The Hall–Kier alpha value is -1.06. The largest absolute Gasteiger partial charge is 0.393 e. The molecule has 0 amide bonds. The number of anilines is 1. The number of aliphatic hydroxyl groups excluding tert-OH is 1. The maximum absolute atomic E-state index is 9.85. The molecule has 3 heteroatoms. The minimum absolute atomic E-state index is 0.137. The van der Waals surface area contributed by atoms with Crippen LogP contribution in [0.3, 0.4) is 0 Å². The van der Waals surface area contributed by atoms with Gasteiger partial charge in [0.25, 0.3) is 0 Å². The summed E-state index contributed by atoms with van der Waals surface area (Å²) in [4.78, 5) is 2.40. The fourth-order valence-electron chi connectivity index (χ4n) is 2.94. The molecule has 21 heavy (non-hydrogen) atoms. The minimum Gasteiger partial charge on any atom is -0.393 e. The van der Waals surface area contributed by atoms with Crippen molar-refractivity contribution in [3.8, 4) is 0 Å². The third-order valence-corrected chi connectivity index (χ3v) is 4.42. The summed E-state index contributed by atoms with van der Waals surface area (Å²) >= 11 is 0. The lowest BCUT2D eigenvalue weighted by atomic mass is 9.96. The Bertz CT molecular complexity index is 459.